The molecule has 2 atom stereocenters. The molecule has 0 fully saturated rings. The Morgan fingerprint density at radius 1 is 1.45 bits per heavy atom. The molecule has 0 amide bonds. The Labute approximate surface area is 119 Å². The largest absolute Gasteiger partial charge is 0.481 e. The first-order valence-electron chi connectivity index (χ1n) is 6.97. The van der Waals surface area contributed by atoms with Crippen molar-refractivity contribution in [1.29, 1.82) is 0 Å². The fourth-order valence-electron chi connectivity index (χ4n) is 2.29. The Bertz CT molecular complexity index is 451. The van der Waals surface area contributed by atoms with Crippen molar-refractivity contribution < 1.29 is 9.66 Å². The zero-order valence-electron chi connectivity index (χ0n) is 12.5. The lowest BCUT2D eigenvalue weighted by Crippen LogP contribution is -2.33. The molecule has 112 valence electrons. The van der Waals surface area contributed by atoms with Crippen LogP contribution in [0.4, 0.5) is 5.69 Å². The highest BCUT2D eigenvalue weighted by Gasteiger charge is 2.27. The van der Waals surface area contributed by atoms with Crippen LogP contribution in [-0.4, -0.2) is 29.6 Å². The van der Waals surface area contributed by atoms with E-state index < -0.39 is 0 Å². The van der Waals surface area contributed by atoms with E-state index in [1.54, 1.807) is 0 Å². The topological polar surface area (TPSA) is 77.3 Å². The minimum atomic E-state index is -0.378. The first-order chi connectivity index (χ1) is 9.54. The predicted molar refractivity (Wildman–Crippen MR) is 78.2 cm³/mol. The van der Waals surface area contributed by atoms with E-state index in [2.05, 4.69) is 17.2 Å². The molecule has 0 bridgehead atoms. The van der Waals surface area contributed by atoms with Crippen molar-refractivity contribution in [2.45, 2.75) is 45.6 Å². The molecule has 6 heteroatoms. The van der Waals surface area contributed by atoms with E-state index in [1.165, 1.54) is 19.2 Å². The van der Waals surface area contributed by atoms with Crippen LogP contribution >= 0.6 is 0 Å². The van der Waals surface area contributed by atoms with Crippen molar-refractivity contribution in [2.24, 2.45) is 0 Å². The number of hydrogen-bond donors (Lipinski definition) is 1. The fraction of sp³-hybridized carbons (Fsp3) is 0.643. The number of aromatic nitrogens is 1. The highest BCUT2D eigenvalue weighted by molar-refractivity contribution is 5.40. The average Bonchev–Trinajstić information content (AvgIpc) is 2.45. The van der Waals surface area contributed by atoms with Crippen molar-refractivity contribution in [1.82, 2.24) is 10.3 Å². The fourth-order valence-corrected chi connectivity index (χ4v) is 2.29. The first-order valence-corrected chi connectivity index (χ1v) is 6.97. The molecule has 0 aliphatic heterocycles. The summed E-state index contributed by atoms with van der Waals surface area (Å²) >= 11 is 0. The lowest BCUT2D eigenvalue weighted by Gasteiger charge is -2.23. The van der Waals surface area contributed by atoms with Gasteiger partial charge in [0.15, 0.2) is 0 Å². The number of methoxy groups -OCH3 is 1. The second-order valence-corrected chi connectivity index (χ2v) is 4.77. The van der Waals surface area contributed by atoms with Gasteiger partial charge >= 0.3 is 0 Å². The lowest BCUT2D eigenvalue weighted by molar-refractivity contribution is -0.386. The molecule has 2 unspecified atom stereocenters. The number of nitro groups is 1. The maximum Gasteiger partial charge on any atom is 0.291 e. The van der Waals surface area contributed by atoms with E-state index >= 15 is 0 Å². The summed E-state index contributed by atoms with van der Waals surface area (Å²) in [6.45, 7) is 7.02. The second-order valence-electron chi connectivity index (χ2n) is 4.77. The molecule has 20 heavy (non-hydrogen) atoms. The van der Waals surface area contributed by atoms with Gasteiger partial charge in [0.1, 0.15) is 5.69 Å². The molecule has 0 spiro atoms. The van der Waals surface area contributed by atoms with Crippen LogP contribution in [0.15, 0.2) is 12.1 Å². The molecule has 1 rings (SSSR count). The van der Waals surface area contributed by atoms with E-state index in [9.17, 15) is 10.1 Å². The van der Waals surface area contributed by atoms with Crippen molar-refractivity contribution >= 4 is 5.69 Å². The third-order valence-corrected chi connectivity index (χ3v) is 3.39. The maximum atomic E-state index is 11.2. The molecule has 0 saturated heterocycles. The van der Waals surface area contributed by atoms with Crippen LogP contribution in [0.5, 0.6) is 5.88 Å². The average molecular weight is 281 g/mol. The van der Waals surface area contributed by atoms with E-state index in [0.29, 0.717) is 11.6 Å². The Kier molecular flexibility index (Phi) is 6.38. The van der Waals surface area contributed by atoms with Crippen molar-refractivity contribution in [3.63, 3.8) is 0 Å². The quantitative estimate of drug-likeness (QED) is 0.585. The summed E-state index contributed by atoms with van der Waals surface area (Å²) in [5, 5.41) is 14.6. The van der Waals surface area contributed by atoms with E-state index in [1.807, 2.05) is 13.8 Å². The normalized spacial score (nSPS) is 13.8. The number of nitrogens with zero attached hydrogens (tertiary/aromatic N) is 2. The van der Waals surface area contributed by atoms with Crippen molar-refractivity contribution in [2.75, 3.05) is 13.7 Å². The van der Waals surface area contributed by atoms with Crippen LogP contribution in [-0.2, 0) is 0 Å². The van der Waals surface area contributed by atoms with Gasteiger partial charge in [-0.15, -0.1) is 0 Å². The number of pyridine rings is 1. The van der Waals surface area contributed by atoms with Crippen LogP contribution in [0.1, 0.15) is 45.2 Å². The van der Waals surface area contributed by atoms with Gasteiger partial charge in [0, 0.05) is 24.1 Å². The minimum absolute atomic E-state index is 0.0166. The van der Waals surface area contributed by atoms with Gasteiger partial charge in [-0.3, -0.25) is 10.1 Å². The summed E-state index contributed by atoms with van der Waals surface area (Å²) in [5.74, 6) is 0.392. The second kappa shape index (κ2) is 7.79. The third kappa shape index (κ3) is 3.90. The molecule has 1 aromatic heterocycles. The summed E-state index contributed by atoms with van der Waals surface area (Å²) in [6, 6.07) is 3.12. The van der Waals surface area contributed by atoms with E-state index in [0.717, 1.165) is 19.4 Å². The molecule has 0 aromatic carbocycles. The van der Waals surface area contributed by atoms with Gasteiger partial charge in [-0.1, -0.05) is 13.8 Å². The van der Waals surface area contributed by atoms with E-state index in [4.69, 9.17) is 4.74 Å². The third-order valence-electron chi connectivity index (χ3n) is 3.39. The number of nitrogens with one attached hydrogen (secondary N) is 1. The Morgan fingerprint density at radius 2 is 2.15 bits per heavy atom. The molecule has 1 aromatic rings. The summed E-state index contributed by atoms with van der Waals surface area (Å²) < 4.78 is 5.09. The standard InChI is InChI=1S/C14H23N3O3/c1-5-9-15-10(3)11(6-2)14-12(17(18)19)7-8-13(16-14)20-4/h7-8,10-11,15H,5-6,9H2,1-4H3. The van der Waals surface area contributed by atoms with Crippen LogP contribution in [0.3, 0.4) is 0 Å². The van der Waals surface area contributed by atoms with Gasteiger partial charge in [-0.2, -0.15) is 0 Å². The first kappa shape index (κ1) is 16.4. The lowest BCUT2D eigenvalue weighted by atomic mass is 9.92. The van der Waals surface area contributed by atoms with E-state index in [-0.39, 0.29) is 22.6 Å². The molecule has 1 N–H and O–H groups in total. The zero-order chi connectivity index (χ0) is 15.1. The summed E-state index contributed by atoms with van der Waals surface area (Å²) in [7, 11) is 1.51. The van der Waals surface area contributed by atoms with Crippen LogP contribution in [0.2, 0.25) is 0 Å². The van der Waals surface area contributed by atoms with Gasteiger partial charge < -0.3 is 10.1 Å². The van der Waals surface area contributed by atoms with Crippen molar-refractivity contribution in [3.05, 3.63) is 27.9 Å². The summed E-state index contributed by atoms with van der Waals surface area (Å²) in [4.78, 5) is 15.1. The zero-order valence-corrected chi connectivity index (χ0v) is 12.5. The summed E-state index contributed by atoms with van der Waals surface area (Å²) in [5.41, 5.74) is 0.552. The molecule has 6 nitrogen and oxygen atoms in total. The van der Waals surface area contributed by atoms with Gasteiger partial charge in [0.25, 0.3) is 5.69 Å². The molecular formula is C14H23N3O3. The monoisotopic (exact) mass is 281 g/mol. The summed E-state index contributed by atoms with van der Waals surface area (Å²) in [6.07, 6.45) is 1.80. The SMILES string of the molecule is CCCNC(C)C(CC)c1nc(OC)ccc1[N+](=O)[O-]. The Morgan fingerprint density at radius 3 is 2.65 bits per heavy atom. The highest BCUT2D eigenvalue weighted by atomic mass is 16.6. The Balaban J connectivity index is 3.14. The molecule has 0 saturated carbocycles. The molecule has 0 aliphatic rings. The van der Waals surface area contributed by atoms with Crippen molar-refractivity contribution in [3.8, 4) is 5.88 Å². The van der Waals surface area contributed by atoms with Gasteiger partial charge in [0.05, 0.1) is 12.0 Å². The number of rotatable bonds is 8. The Hall–Kier alpha value is -1.69. The van der Waals surface area contributed by atoms with Crippen LogP contribution in [0, 0.1) is 10.1 Å². The van der Waals surface area contributed by atoms with Gasteiger partial charge in [-0.05, 0) is 26.3 Å². The smallest absolute Gasteiger partial charge is 0.291 e. The predicted octanol–water partition coefficient (Wildman–Crippen LogP) is 2.88. The molecule has 1 heterocycles. The van der Waals surface area contributed by atoms with Crippen LogP contribution in [0.25, 0.3) is 0 Å². The van der Waals surface area contributed by atoms with Gasteiger partial charge in [0.2, 0.25) is 5.88 Å². The minimum Gasteiger partial charge on any atom is -0.481 e. The maximum absolute atomic E-state index is 11.2. The number of ether oxygens (including phenoxy) is 1. The molecule has 0 radical (unpaired) electrons. The molecule has 0 aliphatic carbocycles. The number of hydrogen-bond acceptors (Lipinski definition) is 5. The van der Waals surface area contributed by atoms with Crippen LogP contribution < -0.4 is 10.1 Å². The molecular weight excluding hydrogens is 258 g/mol. The van der Waals surface area contributed by atoms with Gasteiger partial charge in [-0.25, -0.2) is 4.98 Å². The highest BCUT2D eigenvalue weighted by Crippen LogP contribution is 2.31.